The molecule has 8 nitrogen and oxygen atoms in total. The third-order valence-electron chi connectivity index (χ3n) is 1.60. The van der Waals surface area contributed by atoms with Crippen LogP contribution in [0.5, 0.6) is 0 Å². The zero-order chi connectivity index (χ0) is 14.7. The third kappa shape index (κ3) is 9.33. The van der Waals surface area contributed by atoms with Crippen LogP contribution in [0.4, 0.5) is 4.79 Å². The van der Waals surface area contributed by atoms with Gasteiger partial charge in [0.2, 0.25) is 5.91 Å². The van der Waals surface area contributed by atoms with Crippen molar-refractivity contribution in [2.24, 2.45) is 0 Å². The summed E-state index contributed by atoms with van der Waals surface area (Å²) < 4.78 is 9.04. The van der Waals surface area contributed by atoms with Gasteiger partial charge in [-0.15, -0.1) is 0 Å². The zero-order valence-corrected chi connectivity index (χ0v) is 10.7. The molecule has 0 saturated heterocycles. The highest BCUT2D eigenvalue weighted by atomic mass is 16.5. The van der Waals surface area contributed by atoms with E-state index < -0.39 is 23.9 Å². The first kappa shape index (κ1) is 16.6. The highest BCUT2D eigenvalue weighted by Gasteiger charge is 2.06. The predicted molar refractivity (Wildman–Crippen MR) is 63.9 cm³/mol. The molecule has 3 amide bonds. The molecule has 0 aromatic heterocycles. The molecule has 0 heterocycles. The van der Waals surface area contributed by atoms with E-state index in [4.69, 9.17) is 0 Å². The van der Waals surface area contributed by atoms with Gasteiger partial charge in [-0.2, -0.15) is 0 Å². The van der Waals surface area contributed by atoms with Crippen molar-refractivity contribution in [3.8, 4) is 0 Å². The van der Waals surface area contributed by atoms with Gasteiger partial charge in [0.1, 0.15) is 6.54 Å². The standard InChI is InChI=1S/C11H16N2O6/c1-3-18-10(16)7-12-8(14)5-6-9(15)13-11(17)19-4-2/h5-6H,3-4,7H2,1-2H3,(H,12,14)(H,13,15,17)/b6-5+. The minimum Gasteiger partial charge on any atom is -0.465 e. The molecule has 0 atom stereocenters. The predicted octanol–water partition coefficient (Wildman–Crippen LogP) is -0.505. The minimum absolute atomic E-state index is 0.128. The number of amides is 3. The molecule has 0 saturated carbocycles. The molecule has 0 aromatic carbocycles. The Morgan fingerprint density at radius 1 is 0.947 bits per heavy atom. The molecule has 0 rings (SSSR count). The van der Waals surface area contributed by atoms with E-state index in [9.17, 15) is 19.2 Å². The zero-order valence-electron chi connectivity index (χ0n) is 10.7. The lowest BCUT2D eigenvalue weighted by atomic mass is 10.4. The molecule has 2 N–H and O–H groups in total. The smallest absolute Gasteiger partial charge is 0.414 e. The van der Waals surface area contributed by atoms with E-state index >= 15 is 0 Å². The first-order valence-electron chi connectivity index (χ1n) is 5.58. The Kier molecular flexibility index (Phi) is 8.42. The van der Waals surface area contributed by atoms with Crippen LogP contribution in [-0.4, -0.2) is 43.6 Å². The summed E-state index contributed by atoms with van der Waals surface area (Å²) >= 11 is 0. The Morgan fingerprint density at radius 2 is 1.53 bits per heavy atom. The van der Waals surface area contributed by atoms with E-state index in [1.165, 1.54) is 0 Å². The Hall–Kier alpha value is -2.38. The summed E-state index contributed by atoms with van der Waals surface area (Å²) in [6, 6.07) is 0. The number of rotatable bonds is 6. The molecule has 0 aromatic rings. The molecular weight excluding hydrogens is 256 g/mol. The number of carbonyl (C=O) groups excluding carboxylic acids is 4. The maximum atomic E-state index is 11.2. The number of imide groups is 1. The second-order valence-electron chi connectivity index (χ2n) is 3.07. The largest absolute Gasteiger partial charge is 0.465 e. The summed E-state index contributed by atoms with van der Waals surface area (Å²) in [5, 5.41) is 4.07. The fourth-order valence-corrected chi connectivity index (χ4v) is 0.891. The van der Waals surface area contributed by atoms with E-state index in [-0.39, 0.29) is 19.8 Å². The van der Waals surface area contributed by atoms with Crippen LogP contribution in [0, 0.1) is 0 Å². The quantitative estimate of drug-likeness (QED) is 0.498. The van der Waals surface area contributed by atoms with Gasteiger partial charge in [-0.1, -0.05) is 0 Å². The Morgan fingerprint density at radius 3 is 2.11 bits per heavy atom. The number of nitrogens with one attached hydrogen (secondary N) is 2. The molecular formula is C11H16N2O6. The summed E-state index contributed by atoms with van der Waals surface area (Å²) in [6.07, 6.45) is 0.828. The van der Waals surface area contributed by atoms with Crippen molar-refractivity contribution in [1.29, 1.82) is 0 Å². The highest BCUT2D eigenvalue weighted by Crippen LogP contribution is 1.81. The van der Waals surface area contributed by atoms with Gasteiger partial charge in [0.25, 0.3) is 5.91 Å². The third-order valence-corrected chi connectivity index (χ3v) is 1.60. The SMILES string of the molecule is CCOC(=O)CNC(=O)/C=C/C(=O)NC(=O)OCC. The summed E-state index contributed by atoms with van der Waals surface area (Å²) in [4.78, 5) is 44.0. The number of carbonyl (C=O) groups is 4. The number of hydrogen-bond acceptors (Lipinski definition) is 6. The number of esters is 1. The maximum absolute atomic E-state index is 11.2. The van der Waals surface area contributed by atoms with Crippen molar-refractivity contribution < 1.29 is 28.7 Å². The van der Waals surface area contributed by atoms with Crippen LogP contribution in [0.3, 0.4) is 0 Å². The maximum Gasteiger partial charge on any atom is 0.414 e. The molecule has 0 spiro atoms. The van der Waals surface area contributed by atoms with Crippen LogP contribution in [0.2, 0.25) is 0 Å². The van der Waals surface area contributed by atoms with Gasteiger partial charge in [0, 0.05) is 12.2 Å². The summed E-state index contributed by atoms with van der Waals surface area (Å²) in [6.45, 7) is 3.27. The normalized spacial score (nSPS) is 9.79. The molecule has 0 fully saturated rings. The summed E-state index contributed by atoms with van der Waals surface area (Å²) in [5.74, 6) is -2.04. The van der Waals surface area contributed by atoms with Gasteiger partial charge < -0.3 is 14.8 Å². The molecule has 0 aliphatic rings. The topological polar surface area (TPSA) is 111 Å². The van der Waals surface area contributed by atoms with Gasteiger partial charge in [-0.3, -0.25) is 19.7 Å². The van der Waals surface area contributed by atoms with Crippen molar-refractivity contribution in [3.05, 3.63) is 12.2 Å². The Balaban J connectivity index is 3.97. The van der Waals surface area contributed by atoms with Crippen LogP contribution in [0.25, 0.3) is 0 Å². The van der Waals surface area contributed by atoms with E-state index in [2.05, 4.69) is 14.8 Å². The minimum atomic E-state index is -0.899. The lowest BCUT2D eigenvalue weighted by Gasteiger charge is -2.02. The molecule has 0 aliphatic heterocycles. The number of ether oxygens (including phenoxy) is 2. The van der Waals surface area contributed by atoms with Crippen LogP contribution in [0.1, 0.15) is 13.8 Å². The number of alkyl carbamates (subject to hydrolysis) is 1. The van der Waals surface area contributed by atoms with E-state index in [0.29, 0.717) is 0 Å². The van der Waals surface area contributed by atoms with Gasteiger partial charge in [-0.25, -0.2) is 4.79 Å². The Labute approximate surface area is 110 Å². The lowest BCUT2D eigenvalue weighted by molar-refractivity contribution is -0.143. The average Bonchev–Trinajstić information content (AvgIpc) is 2.34. The molecule has 19 heavy (non-hydrogen) atoms. The summed E-state index contributed by atoms with van der Waals surface area (Å²) in [5.41, 5.74) is 0. The van der Waals surface area contributed by atoms with Crippen molar-refractivity contribution >= 4 is 23.9 Å². The number of hydrogen-bond donors (Lipinski definition) is 2. The van der Waals surface area contributed by atoms with Gasteiger partial charge >= 0.3 is 12.1 Å². The monoisotopic (exact) mass is 272 g/mol. The van der Waals surface area contributed by atoms with E-state index in [1.807, 2.05) is 5.32 Å². The first-order chi connectivity index (χ1) is 8.99. The molecule has 0 unspecified atom stereocenters. The fourth-order valence-electron chi connectivity index (χ4n) is 0.891. The van der Waals surface area contributed by atoms with Gasteiger partial charge in [0.15, 0.2) is 0 Å². The van der Waals surface area contributed by atoms with Crippen molar-refractivity contribution in [3.63, 3.8) is 0 Å². The van der Waals surface area contributed by atoms with Gasteiger partial charge in [0.05, 0.1) is 13.2 Å². The van der Waals surface area contributed by atoms with E-state index in [1.54, 1.807) is 13.8 Å². The molecule has 8 heteroatoms. The average molecular weight is 272 g/mol. The van der Waals surface area contributed by atoms with E-state index in [0.717, 1.165) is 12.2 Å². The molecule has 0 radical (unpaired) electrons. The highest BCUT2D eigenvalue weighted by molar-refractivity contribution is 6.02. The van der Waals surface area contributed by atoms with Crippen LogP contribution in [0.15, 0.2) is 12.2 Å². The molecule has 0 aliphatic carbocycles. The van der Waals surface area contributed by atoms with Crippen LogP contribution >= 0.6 is 0 Å². The molecule has 0 bridgehead atoms. The fraction of sp³-hybridized carbons (Fsp3) is 0.455. The molecule has 106 valence electrons. The second kappa shape index (κ2) is 9.63. The van der Waals surface area contributed by atoms with Crippen LogP contribution < -0.4 is 10.6 Å². The van der Waals surface area contributed by atoms with Gasteiger partial charge in [-0.05, 0) is 13.8 Å². The summed E-state index contributed by atoms with van der Waals surface area (Å²) in [7, 11) is 0. The van der Waals surface area contributed by atoms with Crippen LogP contribution in [-0.2, 0) is 23.9 Å². The van der Waals surface area contributed by atoms with Crippen molar-refractivity contribution in [2.75, 3.05) is 19.8 Å². The lowest BCUT2D eigenvalue weighted by Crippen LogP contribution is -2.31. The Bertz CT molecular complexity index is 377. The van der Waals surface area contributed by atoms with Crippen molar-refractivity contribution in [2.45, 2.75) is 13.8 Å². The van der Waals surface area contributed by atoms with Crippen molar-refractivity contribution in [1.82, 2.24) is 10.6 Å². The second-order valence-corrected chi connectivity index (χ2v) is 3.07. The first-order valence-corrected chi connectivity index (χ1v) is 5.58.